The first kappa shape index (κ1) is 15.2. The average molecular weight is 231 g/mol. The molecule has 1 atom stereocenters. The van der Waals surface area contributed by atoms with E-state index < -0.39 is 0 Å². The fourth-order valence-corrected chi connectivity index (χ4v) is 1.37. The van der Waals surface area contributed by atoms with Gasteiger partial charge >= 0.3 is 0 Å². The van der Waals surface area contributed by atoms with E-state index in [1.165, 1.54) is 0 Å². The predicted molar refractivity (Wildman–Crippen MR) is 65.6 cm³/mol. The lowest BCUT2D eigenvalue weighted by atomic mass is 9.88. The minimum Gasteiger partial charge on any atom is -0.409 e. The molecule has 16 heavy (non-hydrogen) atoms. The second kappa shape index (κ2) is 7.46. The zero-order valence-corrected chi connectivity index (χ0v) is 10.5. The summed E-state index contributed by atoms with van der Waals surface area (Å²) in [7, 11) is 0. The highest BCUT2D eigenvalue weighted by Gasteiger charge is 2.22. The van der Waals surface area contributed by atoms with E-state index >= 15 is 0 Å². The van der Waals surface area contributed by atoms with Crippen LogP contribution in [0.3, 0.4) is 0 Å². The van der Waals surface area contributed by atoms with E-state index in [0.717, 1.165) is 25.8 Å². The number of hydrogen-bond acceptors (Lipinski definition) is 4. The largest absolute Gasteiger partial charge is 0.409 e. The summed E-state index contributed by atoms with van der Waals surface area (Å²) >= 11 is 0. The van der Waals surface area contributed by atoms with Gasteiger partial charge in [0, 0.05) is 12.0 Å². The maximum absolute atomic E-state index is 9.48. The van der Waals surface area contributed by atoms with Gasteiger partial charge in [0.25, 0.3) is 0 Å². The molecule has 0 amide bonds. The fourth-order valence-electron chi connectivity index (χ4n) is 1.37. The molecule has 5 N–H and O–H groups in total. The first-order valence-corrected chi connectivity index (χ1v) is 5.80. The van der Waals surface area contributed by atoms with Crippen LogP contribution >= 0.6 is 0 Å². The quantitative estimate of drug-likeness (QED) is 0.164. The van der Waals surface area contributed by atoms with Crippen molar-refractivity contribution in [1.29, 1.82) is 0 Å². The molecule has 5 heteroatoms. The Bertz CT molecular complexity index is 217. The Labute approximate surface area is 97.7 Å². The minimum absolute atomic E-state index is 0.239. The Balaban J connectivity index is 3.74. The zero-order valence-electron chi connectivity index (χ0n) is 10.5. The molecule has 1 unspecified atom stereocenters. The molecule has 0 aromatic carbocycles. The van der Waals surface area contributed by atoms with Crippen LogP contribution in [-0.2, 0) is 0 Å². The predicted octanol–water partition coefficient (Wildman–Crippen LogP) is 0.900. The Kier molecular flexibility index (Phi) is 7.08. The van der Waals surface area contributed by atoms with Gasteiger partial charge in [-0.25, -0.2) is 0 Å². The van der Waals surface area contributed by atoms with E-state index in [-0.39, 0.29) is 17.4 Å². The maximum Gasteiger partial charge on any atom is 0.144 e. The van der Waals surface area contributed by atoms with Crippen LogP contribution in [0.4, 0.5) is 0 Å². The van der Waals surface area contributed by atoms with Crippen LogP contribution in [0.1, 0.15) is 40.0 Å². The van der Waals surface area contributed by atoms with Gasteiger partial charge in [0.1, 0.15) is 5.84 Å². The van der Waals surface area contributed by atoms with Gasteiger partial charge in [0.2, 0.25) is 0 Å². The summed E-state index contributed by atoms with van der Waals surface area (Å²) < 4.78 is 0. The first-order valence-electron chi connectivity index (χ1n) is 5.80. The zero-order chi connectivity index (χ0) is 12.6. The number of nitrogens with zero attached hydrogens (tertiary/aromatic N) is 1. The standard InChI is InChI=1S/C11H25N3O2/c1-4-5-9(15)8-13-7-6-11(2,3)10(12)14-16/h9,13,15-16H,4-8H2,1-3H3,(H2,12,14). The number of hydrogen-bond donors (Lipinski definition) is 4. The summed E-state index contributed by atoms with van der Waals surface area (Å²) in [6.45, 7) is 7.23. The van der Waals surface area contributed by atoms with Crippen LogP contribution in [0.2, 0.25) is 0 Å². The third kappa shape index (κ3) is 5.92. The van der Waals surface area contributed by atoms with Crippen LogP contribution in [-0.4, -0.2) is 35.3 Å². The Morgan fingerprint density at radius 2 is 2.12 bits per heavy atom. The molecule has 0 aliphatic carbocycles. The Hall–Kier alpha value is -0.810. The van der Waals surface area contributed by atoms with Gasteiger partial charge in [-0.3, -0.25) is 0 Å². The molecule has 0 rings (SSSR count). The number of oxime groups is 1. The van der Waals surface area contributed by atoms with Crippen LogP contribution in [0.5, 0.6) is 0 Å². The van der Waals surface area contributed by atoms with E-state index in [9.17, 15) is 5.11 Å². The third-order valence-electron chi connectivity index (χ3n) is 2.73. The third-order valence-corrected chi connectivity index (χ3v) is 2.73. The summed E-state index contributed by atoms with van der Waals surface area (Å²) in [6, 6.07) is 0. The normalized spacial score (nSPS) is 15.1. The molecule has 96 valence electrons. The van der Waals surface area contributed by atoms with Gasteiger partial charge in [0.05, 0.1) is 6.10 Å². The van der Waals surface area contributed by atoms with Crippen LogP contribution in [0, 0.1) is 5.41 Å². The van der Waals surface area contributed by atoms with Crippen molar-refractivity contribution >= 4 is 5.84 Å². The Morgan fingerprint density at radius 3 is 2.62 bits per heavy atom. The van der Waals surface area contributed by atoms with Gasteiger partial charge in [-0.1, -0.05) is 32.3 Å². The highest BCUT2D eigenvalue weighted by Crippen LogP contribution is 2.19. The number of rotatable bonds is 8. The van der Waals surface area contributed by atoms with E-state index in [4.69, 9.17) is 10.9 Å². The molecule has 0 radical (unpaired) electrons. The summed E-state index contributed by atoms with van der Waals surface area (Å²) in [6.07, 6.45) is 2.29. The van der Waals surface area contributed by atoms with E-state index in [2.05, 4.69) is 10.5 Å². The SMILES string of the molecule is CCCC(O)CNCCC(C)(C)C(N)=NO. The van der Waals surface area contributed by atoms with Gasteiger partial charge in [0.15, 0.2) is 0 Å². The highest BCUT2D eigenvalue weighted by molar-refractivity contribution is 5.85. The molecular weight excluding hydrogens is 206 g/mol. The maximum atomic E-state index is 9.48. The molecule has 0 aromatic rings. The van der Waals surface area contributed by atoms with E-state index in [1.807, 2.05) is 20.8 Å². The number of amidine groups is 1. The average Bonchev–Trinajstić information content (AvgIpc) is 2.23. The Morgan fingerprint density at radius 1 is 1.50 bits per heavy atom. The van der Waals surface area contributed by atoms with E-state index in [0.29, 0.717) is 6.54 Å². The lowest BCUT2D eigenvalue weighted by Crippen LogP contribution is -2.36. The lowest BCUT2D eigenvalue weighted by molar-refractivity contribution is 0.160. The fraction of sp³-hybridized carbons (Fsp3) is 0.909. The summed E-state index contributed by atoms with van der Waals surface area (Å²) in [5.41, 5.74) is 5.24. The summed E-state index contributed by atoms with van der Waals surface area (Å²) in [5.74, 6) is 0.239. The number of aliphatic hydroxyl groups excluding tert-OH is 1. The minimum atomic E-state index is -0.322. The van der Waals surface area contributed by atoms with Crippen molar-refractivity contribution in [3.05, 3.63) is 0 Å². The highest BCUT2D eigenvalue weighted by atomic mass is 16.4. The van der Waals surface area contributed by atoms with Crippen molar-refractivity contribution in [1.82, 2.24) is 5.32 Å². The smallest absolute Gasteiger partial charge is 0.144 e. The molecule has 0 aromatic heterocycles. The molecule has 0 saturated heterocycles. The van der Waals surface area contributed by atoms with Crippen molar-refractivity contribution in [2.45, 2.75) is 46.1 Å². The molecule has 0 heterocycles. The summed E-state index contributed by atoms with van der Waals surface area (Å²) in [5, 5.41) is 24.3. The van der Waals surface area contributed by atoms with Crippen LogP contribution in [0.25, 0.3) is 0 Å². The van der Waals surface area contributed by atoms with Gasteiger partial charge in [-0.2, -0.15) is 0 Å². The van der Waals surface area contributed by atoms with Crippen molar-refractivity contribution in [2.75, 3.05) is 13.1 Å². The van der Waals surface area contributed by atoms with Crippen molar-refractivity contribution in [2.24, 2.45) is 16.3 Å². The molecule has 5 nitrogen and oxygen atoms in total. The second-order valence-electron chi connectivity index (χ2n) is 4.77. The molecular formula is C11H25N3O2. The lowest BCUT2D eigenvalue weighted by Gasteiger charge is -2.23. The van der Waals surface area contributed by atoms with Gasteiger partial charge in [-0.05, 0) is 19.4 Å². The van der Waals surface area contributed by atoms with Crippen LogP contribution < -0.4 is 11.1 Å². The molecule has 0 bridgehead atoms. The number of aliphatic hydroxyl groups is 1. The first-order chi connectivity index (χ1) is 7.44. The van der Waals surface area contributed by atoms with Gasteiger partial charge in [-0.15, -0.1) is 0 Å². The van der Waals surface area contributed by atoms with Crippen molar-refractivity contribution in [3.63, 3.8) is 0 Å². The molecule has 0 fully saturated rings. The molecule has 0 spiro atoms. The number of nitrogens with two attached hydrogens (primary N) is 1. The topological polar surface area (TPSA) is 90.9 Å². The van der Waals surface area contributed by atoms with Crippen LogP contribution in [0.15, 0.2) is 5.16 Å². The number of nitrogens with one attached hydrogen (secondary N) is 1. The molecule has 0 aliphatic rings. The monoisotopic (exact) mass is 231 g/mol. The molecule has 0 aliphatic heterocycles. The second-order valence-corrected chi connectivity index (χ2v) is 4.77. The van der Waals surface area contributed by atoms with E-state index in [1.54, 1.807) is 0 Å². The van der Waals surface area contributed by atoms with Gasteiger partial charge < -0.3 is 21.4 Å². The summed E-state index contributed by atoms with van der Waals surface area (Å²) in [4.78, 5) is 0. The molecule has 0 saturated carbocycles. The van der Waals surface area contributed by atoms with Crippen molar-refractivity contribution in [3.8, 4) is 0 Å². The van der Waals surface area contributed by atoms with Crippen molar-refractivity contribution < 1.29 is 10.3 Å².